The summed E-state index contributed by atoms with van der Waals surface area (Å²) in [4.78, 5) is 3.91. The van der Waals surface area contributed by atoms with Crippen molar-refractivity contribution >= 4 is 0 Å². The Morgan fingerprint density at radius 3 is 2.32 bits per heavy atom. The number of nitrogens with zero attached hydrogens (tertiary/aromatic N) is 1. The van der Waals surface area contributed by atoms with Gasteiger partial charge in [0.1, 0.15) is 0 Å². The minimum absolute atomic E-state index is 0.0576. The highest BCUT2D eigenvalue weighted by Crippen LogP contribution is 2.33. The van der Waals surface area contributed by atoms with Gasteiger partial charge in [-0.2, -0.15) is 0 Å². The first-order valence-corrected chi connectivity index (χ1v) is 6.07. The normalized spacial score (nSPS) is 12.1. The summed E-state index contributed by atoms with van der Waals surface area (Å²) in [6.45, 7) is 7.80. The maximum atomic E-state index is 12.3. The number of hydrogen-bond acceptors (Lipinski definition) is 3. The lowest BCUT2D eigenvalue weighted by Crippen LogP contribution is -2.19. The standard InChI is InChI=1S/C13H18F3NO2/c1-8(2)7-18-12-11(19-13(14,15)16)5-10(6-17-12)9(3)4/h5-6,8-9H,7H2,1-4H3. The number of pyridine rings is 1. The van der Waals surface area contributed by atoms with Crippen LogP contribution in [0.2, 0.25) is 0 Å². The van der Waals surface area contributed by atoms with E-state index in [1.54, 1.807) is 0 Å². The first-order valence-electron chi connectivity index (χ1n) is 6.07. The van der Waals surface area contributed by atoms with Crippen molar-refractivity contribution < 1.29 is 22.6 Å². The van der Waals surface area contributed by atoms with Gasteiger partial charge in [-0.15, -0.1) is 13.2 Å². The fourth-order valence-corrected chi connectivity index (χ4v) is 1.31. The molecular weight excluding hydrogens is 259 g/mol. The molecule has 0 aromatic carbocycles. The zero-order valence-corrected chi connectivity index (χ0v) is 11.4. The Hall–Kier alpha value is -1.46. The SMILES string of the molecule is CC(C)COc1ncc(C(C)C)cc1OC(F)(F)F. The third-order valence-electron chi connectivity index (χ3n) is 2.29. The molecule has 0 spiro atoms. The number of ether oxygens (including phenoxy) is 2. The highest BCUT2D eigenvalue weighted by atomic mass is 19.4. The Bertz CT molecular complexity index is 417. The largest absolute Gasteiger partial charge is 0.573 e. The summed E-state index contributed by atoms with van der Waals surface area (Å²) in [5, 5.41) is 0. The van der Waals surface area contributed by atoms with Crippen molar-refractivity contribution in [3.05, 3.63) is 17.8 Å². The number of alkyl halides is 3. The van der Waals surface area contributed by atoms with Crippen LogP contribution < -0.4 is 9.47 Å². The molecule has 108 valence electrons. The van der Waals surface area contributed by atoms with Crippen LogP contribution in [-0.4, -0.2) is 18.0 Å². The third kappa shape index (κ3) is 5.36. The van der Waals surface area contributed by atoms with E-state index in [1.165, 1.54) is 12.3 Å². The van der Waals surface area contributed by atoms with E-state index in [9.17, 15) is 13.2 Å². The monoisotopic (exact) mass is 277 g/mol. The van der Waals surface area contributed by atoms with Crippen molar-refractivity contribution in [2.45, 2.75) is 40.0 Å². The molecule has 19 heavy (non-hydrogen) atoms. The van der Waals surface area contributed by atoms with Gasteiger partial charge in [-0.1, -0.05) is 27.7 Å². The molecule has 0 fully saturated rings. The highest BCUT2D eigenvalue weighted by Gasteiger charge is 2.33. The maximum absolute atomic E-state index is 12.3. The smallest absolute Gasteiger partial charge is 0.475 e. The molecule has 1 aromatic heterocycles. The number of hydrogen-bond donors (Lipinski definition) is 0. The van der Waals surface area contributed by atoms with Gasteiger partial charge in [0.25, 0.3) is 5.88 Å². The fourth-order valence-electron chi connectivity index (χ4n) is 1.31. The van der Waals surface area contributed by atoms with Crippen LogP contribution >= 0.6 is 0 Å². The predicted molar refractivity (Wildman–Crippen MR) is 65.3 cm³/mol. The van der Waals surface area contributed by atoms with Crippen molar-refractivity contribution in [2.24, 2.45) is 5.92 Å². The van der Waals surface area contributed by atoms with Gasteiger partial charge in [-0.25, -0.2) is 4.98 Å². The van der Waals surface area contributed by atoms with E-state index < -0.39 is 6.36 Å². The Labute approximate surface area is 110 Å². The Morgan fingerprint density at radius 1 is 1.21 bits per heavy atom. The Balaban J connectivity index is 3.00. The summed E-state index contributed by atoms with van der Waals surface area (Å²) in [5.41, 5.74) is 0.663. The second kappa shape index (κ2) is 6.12. The van der Waals surface area contributed by atoms with Gasteiger partial charge in [0, 0.05) is 6.20 Å². The second-order valence-electron chi connectivity index (χ2n) is 4.98. The molecule has 1 aromatic rings. The molecule has 0 saturated carbocycles. The van der Waals surface area contributed by atoms with Gasteiger partial charge >= 0.3 is 6.36 Å². The van der Waals surface area contributed by atoms with Gasteiger partial charge in [-0.3, -0.25) is 0 Å². The summed E-state index contributed by atoms with van der Waals surface area (Å²) >= 11 is 0. The zero-order chi connectivity index (χ0) is 14.6. The van der Waals surface area contributed by atoms with Crippen LogP contribution in [-0.2, 0) is 0 Å². The molecule has 6 heteroatoms. The van der Waals surface area contributed by atoms with Gasteiger partial charge < -0.3 is 9.47 Å². The average Bonchev–Trinajstić information content (AvgIpc) is 2.24. The lowest BCUT2D eigenvalue weighted by Gasteiger charge is -2.16. The van der Waals surface area contributed by atoms with E-state index in [-0.39, 0.29) is 30.1 Å². The van der Waals surface area contributed by atoms with Crippen LogP contribution in [0.15, 0.2) is 12.3 Å². The quantitative estimate of drug-likeness (QED) is 0.810. The summed E-state index contributed by atoms with van der Waals surface area (Å²) in [6.07, 6.45) is -3.25. The number of halogens is 3. The predicted octanol–water partition coefficient (Wildman–Crippen LogP) is 4.14. The average molecular weight is 277 g/mol. The molecule has 1 rings (SSSR count). The van der Waals surface area contributed by atoms with Crippen molar-refractivity contribution in [1.29, 1.82) is 0 Å². The first-order chi connectivity index (χ1) is 8.69. The molecule has 0 aliphatic carbocycles. The molecule has 0 N–H and O–H groups in total. The molecule has 0 unspecified atom stereocenters. The molecule has 0 atom stereocenters. The van der Waals surface area contributed by atoms with Gasteiger partial charge in [0.15, 0.2) is 5.75 Å². The van der Waals surface area contributed by atoms with Crippen LogP contribution in [0.5, 0.6) is 11.6 Å². The molecule has 0 aliphatic rings. The summed E-state index contributed by atoms with van der Waals surface area (Å²) in [5.74, 6) is -0.276. The zero-order valence-electron chi connectivity index (χ0n) is 11.4. The summed E-state index contributed by atoms with van der Waals surface area (Å²) in [6, 6.07) is 1.32. The van der Waals surface area contributed by atoms with E-state index in [4.69, 9.17) is 4.74 Å². The van der Waals surface area contributed by atoms with Crippen LogP contribution in [0.3, 0.4) is 0 Å². The lowest BCUT2D eigenvalue weighted by molar-refractivity contribution is -0.275. The van der Waals surface area contributed by atoms with Crippen LogP contribution in [0.1, 0.15) is 39.2 Å². The molecule has 0 aliphatic heterocycles. The van der Waals surface area contributed by atoms with Gasteiger partial charge in [0.2, 0.25) is 0 Å². The lowest BCUT2D eigenvalue weighted by atomic mass is 10.1. The third-order valence-corrected chi connectivity index (χ3v) is 2.29. The van der Waals surface area contributed by atoms with E-state index in [0.717, 1.165) is 0 Å². The molecule has 0 amide bonds. The number of aromatic nitrogens is 1. The highest BCUT2D eigenvalue weighted by molar-refractivity contribution is 5.37. The van der Waals surface area contributed by atoms with Crippen LogP contribution in [0, 0.1) is 5.92 Å². The van der Waals surface area contributed by atoms with E-state index in [2.05, 4.69) is 9.72 Å². The summed E-state index contributed by atoms with van der Waals surface area (Å²) < 4.78 is 46.3. The molecule has 0 saturated heterocycles. The topological polar surface area (TPSA) is 31.4 Å². The van der Waals surface area contributed by atoms with Gasteiger partial charge in [0.05, 0.1) is 6.61 Å². The molecule has 0 radical (unpaired) electrons. The van der Waals surface area contributed by atoms with Gasteiger partial charge in [-0.05, 0) is 23.5 Å². The Morgan fingerprint density at radius 2 is 1.84 bits per heavy atom. The van der Waals surface area contributed by atoms with Crippen molar-refractivity contribution in [2.75, 3.05) is 6.61 Å². The minimum Gasteiger partial charge on any atom is -0.475 e. The van der Waals surface area contributed by atoms with Crippen LogP contribution in [0.25, 0.3) is 0 Å². The molecule has 0 bridgehead atoms. The Kier molecular flexibility index (Phi) is 5.03. The van der Waals surface area contributed by atoms with E-state index in [1.807, 2.05) is 27.7 Å². The first kappa shape index (κ1) is 15.6. The van der Waals surface area contributed by atoms with Crippen molar-refractivity contribution in [3.8, 4) is 11.6 Å². The minimum atomic E-state index is -4.76. The molecule has 3 nitrogen and oxygen atoms in total. The summed E-state index contributed by atoms with van der Waals surface area (Å²) in [7, 11) is 0. The van der Waals surface area contributed by atoms with E-state index >= 15 is 0 Å². The fraction of sp³-hybridized carbons (Fsp3) is 0.615. The molecule has 1 heterocycles. The van der Waals surface area contributed by atoms with Crippen molar-refractivity contribution in [1.82, 2.24) is 4.98 Å². The molecular formula is C13H18F3NO2. The maximum Gasteiger partial charge on any atom is 0.573 e. The number of rotatable bonds is 5. The van der Waals surface area contributed by atoms with E-state index in [0.29, 0.717) is 5.56 Å². The second-order valence-corrected chi connectivity index (χ2v) is 4.98. The van der Waals surface area contributed by atoms with Crippen molar-refractivity contribution in [3.63, 3.8) is 0 Å². The van der Waals surface area contributed by atoms with Crippen LogP contribution in [0.4, 0.5) is 13.2 Å².